The van der Waals surface area contributed by atoms with Gasteiger partial charge in [-0.1, -0.05) is 0 Å². The first-order chi connectivity index (χ1) is 8.29. The summed E-state index contributed by atoms with van der Waals surface area (Å²) in [4.78, 5) is 21.7. The lowest BCUT2D eigenvalue weighted by Gasteiger charge is -2.27. The predicted octanol–water partition coefficient (Wildman–Crippen LogP) is 1.18. The van der Waals surface area contributed by atoms with E-state index in [4.69, 9.17) is 4.74 Å². The highest BCUT2D eigenvalue weighted by Gasteiger charge is 2.17. The maximum Gasteiger partial charge on any atom is 0.136 e. The third-order valence-corrected chi connectivity index (χ3v) is 2.81. The van der Waals surface area contributed by atoms with E-state index in [0.29, 0.717) is 31.8 Å². The number of rotatable bonds is 4. The van der Waals surface area contributed by atoms with Crippen LogP contribution in [-0.2, 0) is 16.1 Å². The number of carbonyl (C=O) groups excluding carboxylic acids is 1. The zero-order valence-electron chi connectivity index (χ0n) is 10.1. The van der Waals surface area contributed by atoms with Crippen LogP contribution < -0.4 is 4.90 Å². The lowest BCUT2D eigenvalue weighted by atomic mass is 10.1. The van der Waals surface area contributed by atoms with Crippen LogP contribution in [-0.4, -0.2) is 35.4 Å². The molecule has 0 unspecified atom stereocenters. The van der Waals surface area contributed by atoms with E-state index in [1.165, 1.54) is 0 Å². The van der Waals surface area contributed by atoms with Crippen LogP contribution in [0.1, 0.15) is 25.5 Å². The average Bonchev–Trinajstić information content (AvgIpc) is 2.37. The summed E-state index contributed by atoms with van der Waals surface area (Å²) < 4.78 is 5.32. The molecule has 0 amide bonds. The Labute approximate surface area is 101 Å². The summed E-state index contributed by atoms with van der Waals surface area (Å²) in [5.41, 5.74) is 0.883. The molecule has 0 aromatic carbocycles. The van der Waals surface area contributed by atoms with Crippen LogP contribution in [0.25, 0.3) is 0 Å². The average molecular weight is 235 g/mol. The van der Waals surface area contributed by atoms with Gasteiger partial charge in [0.1, 0.15) is 17.9 Å². The van der Waals surface area contributed by atoms with Crippen LogP contribution in [0.15, 0.2) is 12.4 Å². The lowest BCUT2D eigenvalue weighted by Crippen LogP contribution is -2.34. The molecule has 1 aromatic heterocycles. The van der Waals surface area contributed by atoms with Crippen LogP contribution in [0, 0.1) is 0 Å². The van der Waals surface area contributed by atoms with Crippen molar-refractivity contribution < 1.29 is 9.53 Å². The molecule has 2 rings (SSSR count). The summed E-state index contributed by atoms with van der Waals surface area (Å²) in [7, 11) is 0. The molecule has 0 bridgehead atoms. The molecule has 92 valence electrons. The van der Waals surface area contributed by atoms with Gasteiger partial charge in [-0.2, -0.15) is 0 Å². The van der Waals surface area contributed by atoms with Gasteiger partial charge in [-0.3, -0.25) is 4.79 Å². The molecule has 5 heteroatoms. The third-order valence-electron chi connectivity index (χ3n) is 2.81. The molecule has 17 heavy (non-hydrogen) atoms. The van der Waals surface area contributed by atoms with E-state index in [1.807, 2.05) is 13.0 Å². The monoisotopic (exact) mass is 235 g/mol. The van der Waals surface area contributed by atoms with Gasteiger partial charge >= 0.3 is 0 Å². The third kappa shape index (κ3) is 3.23. The lowest BCUT2D eigenvalue weighted by molar-refractivity contribution is -0.119. The fourth-order valence-electron chi connectivity index (χ4n) is 1.83. The summed E-state index contributed by atoms with van der Waals surface area (Å²) in [5, 5.41) is 0. The minimum Gasteiger partial charge on any atom is -0.375 e. The normalized spacial score (nSPS) is 16.3. The Balaban J connectivity index is 2.02. The Morgan fingerprint density at radius 2 is 2.12 bits per heavy atom. The van der Waals surface area contributed by atoms with Crippen molar-refractivity contribution >= 4 is 11.6 Å². The Hall–Kier alpha value is -1.49. The van der Waals surface area contributed by atoms with Crippen molar-refractivity contribution in [3.05, 3.63) is 18.1 Å². The molecule has 1 aromatic rings. The van der Waals surface area contributed by atoms with E-state index >= 15 is 0 Å². The van der Waals surface area contributed by atoms with Gasteiger partial charge in [-0.25, -0.2) is 9.97 Å². The van der Waals surface area contributed by atoms with Crippen molar-refractivity contribution in [2.24, 2.45) is 0 Å². The van der Waals surface area contributed by atoms with E-state index < -0.39 is 0 Å². The van der Waals surface area contributed by atoms with Crippen molar-refractivity contribution in [2.75, 3.05) is 24.6 Å². The second kappa shape index (κ2) is 5.72. The number of carbonyl (C=O) groups is 1. The topological polar surface area (TPSA) is 55.3 Å². The van der Waals surface area contributed by atoms with Crippen molar-refractivity contribution in [3.63, 3.8) is 0 Å². The van der Waals surface area contributed by atoms with Crippen molar-refractivity contribution in [1.82, 2.24) is 9.97 Å². The fraction of sp³-hybridized carbons (Fsp3) is 0.583. The van der Waals surface area contributed by atoms with Crippen LogP contribution in [0.2, 0.25) is 0 Å². The Kier molecular flexibility index (Phi) is 4.03. The predicted molar refractivity (Wildman–Crippen MR) is 63.8 cm³/mol. The first-order valence-corrected chi connectivity index (χ1v) is 5.95. The second-order valence-electron chi connectivity index (χ2n) is 4.03. The van der Waals surface area contributed by atoms with E-state index in [0.717, 1.165) is 24.6 Å². The molecule has 1 saturated heterocycles. The molecule has 1 aliphatic heterocycles. The van der Waals surface area contributed by atoms with Gasteiger partial charge in [-0.15, -0.1) is 0 Å². The highest BCUT2D eigenvalue weighted by Crippen LogP contribution is 2.16. The number of Topliss-reactive ketones (excluding diaryl/α,β-unsaturated/α-hetero) is 1. The van der Waals surface area contributed by atoms with E-state index in [2.05, 4.69) is 14.9 Å². The van der Waals surface area contributed by atoms with Crippen molar-refractivity contribution in [3.8, 4) is 0 Å². The van der Waals surface area contributed by atoms with Crippen molar-refractivity contribution in [1.29, 1.82) is 0 Å². The number of ether oxygens (including phenoxy) is 1. The van der Waals surface area contributed by atoms with Gasteiger partial charge in [0.2, 0.25) is 0 Å². The highest BCUT2D eigenvalue weighted by molar-refractivity contribution is 5.80. The standard InChI is InChI=1S/C12H17N3O2/c1-2-17-8-10-7-12(14-9-13-10)15-5-3-11(16)4-6-15/h7,9H,2-6,8H2,1H3. The second-order valence-corrected chi connectivity index (χ2v) is 4.03. The maximum atomic E-state index is 11.2. The molecule has 0 atom stereocenters. The van der Waals surface area contributed by atoms with E-state index in [9.17, 15) is 4.79 Å². The number of hydrogen-bond acceptors (Lipinski definition) is 5. The van der Waals surface area contributed by atoms with Crippen LogP contribution >= 0.6 is 0 Å². The summed E-state index contributed by atoms with van der Waals surface area (Å²) in [5.74, 6) is 1.23. The van der Waals surface area contributed by atoms with Crippen LogP contribution in [0.4, 0.5) is 5.82 Å². The number of aromatic nitrogens is 2. The van der Waals surface area contributed by atoms with Crippen LogP contribution in [0.3, 0.4) is 0 Å². The molecule has 5 nitrogen and oxygen atoms in total. The highest BCUT2D eigenvalue weighted by atomic mass is 16.5. The summed E-state index contributed by atoms with van der Waals surface area (Å²) in [6.07, 6.45) is 2.79. The van der Waals surface area contributed by atoms with E-state index in [-0.39, 0.29) is 0 Å². The molecule has 0 aliphatic carbocycles. The zero-order chi connectivity index (χ0) is 12.1. The summed E-state index contributed by atoms with van der Waals surface area (Å²) >= 11 is 0. The molecule has 0 N–H and O–H groups in total. The van der Waals surface area contributed by atoms with Crippen LogP contribution in [0.5, 0.6) is 0 Å². The maximum absolute atomic E-state index is 11.2. The first kappa shape index (κ1) is 12.0. The van der Waals surface area contributed by atoms with Gasteiger partial charge in [0.15, 0.2) is 0 Å². The quantitative estimate of drug-likeness (QED) is 0.784. The molecular formula is C12H17N3O2. The van der Waals surface area contributed by atoms with E-state index in [1.54, 1.807) is 6.33 Å². The minimum atomic E-state index is 0.338. The molecule has 0 saturated carbocycles. The molecule has 2 heterocycles. The molecule has 0 spiro atoms. The smallest absolute Gasteiger partial charge is 0.136 e. The summed E-state index contributed by atoms with van der Waals surface area (Å²) in [6, 6.07) is 1.94. The minimum absolute atomic E-state index is 0.338. The largest absolute Gasteiger partial charge is 0.375 e. The summed E-state index contributed by atoms with van der Waals surface area (Å²) in [6.45, 7) is 4.66. The first-order valence-electron chi connectivity index (χ1n) is 5.95. The van der Waals surface area contributed by atoms with Crippen molar-refractivity contribution in [2.45, 2.75) is 26.4 Å². The fourth-order valence-corrected chi connectivity index (χ4v) is 1.83. The SMILES string of the molecule is CCOCc1cc(N2CCC(=O)CC2)ncn1. The number of nitrogens with zero attached hydrogens (tertiary/aromatic N) is 3. The van der Waals surface area contributed by atoms with Gasteiger partial charge in [0.05, 0.1) is 12.3 Å². The molecule has 0 radical (unpaired) electrons. The zero-order valence-corrected chi connectivity index (χ0v) is 10.1. The van der Waals surface area contributed by atoms with Gasteiger partial charge in [-0.05, 0) is 6.92 Å². The number of anilines is 1. The molecule has 1 fully saturated rings. The molecular weight excluding hydrogens is 218 g/mol. The number of piperidine rings is 1. The number of ketones is 1. The Morgan fingerprint density at radius 1 is 1.35 bits per heavy atom. The van der Waals surface area contributed by atoms with Gasteiger partial charge in [0, 0.05) is 38.6 Å². The number of hydrogen-bond donors (Lipinski definition) is 0. The Bertz CT molecular complexity index is 385. The molecule has 1 aliphatic rings. The van der Waals surface area contributed by atoms with Gasteiger partial charge < -0.3 is 9.64 Å². The Morgan fingerprint density at radius 3 is 2.82 bits per heavy atom. The van der Waals surface area contributed by atoms with Gasteiger partial charge in [0.25, 0.3) is 0 Å².